The summed E-state index contributed by atoms with van der Waals surface area (Å²) in [6.45, 7) is 7.41. The molecule has 3 rings (SSSR count). The lowest BCUT2D eigenvalue weighted by Crippen LogP contribution is -2.10. The normalized spacial score (nSPS) is 10.4. The zero-order valence-corrected chi connectivity index (χ0v) is 20.4. The molecule has 9 nitrogen and oxygen atoms in total. The van der Waals surface area contributed by atoms with Gasteiger partial charge in [0.15, 0.2) is 17.2 Å². The number of halogens is 1. The van der Waals surface area contributed by atoms with Crippen LogP contribution in [0.4, 0.5) is 21.6 Å². The number of benzene rings is 1. The van der Waals surface area contributed by atoms with Gasteiger partial charge in [0.25, 0.3) is 0 Å². The van der Waals surface area contributed by atoms with Gasteiger partial charge in [-0.2, -0.15) is 5.10 Å². The number of hydrogen-bond acceptors (Lipinski definition) is 8. The van der Waals surface area contributed by atoms with Crippen LogP contribution in [-0.4, -0.2) is 52.5 Å². The summed E-state index contributed by atoms with van der Waals surface area (Å²) in [5.41, 5.74) is 8.70. The zero-order valence-electron chi connectivity index (χ0n) is 19.5. The third kappa shape index (κ3) is 6.10. The number of ether oxygens (including phenoxy) is 1. The molecule has 0 radical (unpaired) electrons. The summed E-state index contributed by atoms with van der Waals surface area (Å²) in [7, 11) is 2.97. The number of aldehydes is 1. The minimum absolute atomic E-state index is 0.127. The number of carbonyl (C=O) groups excluding carboxylic acids is 2. The molecule has 0 saturated heterocycles. The Balaban J connectivity index is 0.00000122. The molecule has 0 amide bonds. The fourth-order valence-electron chi connectivity index (χ4n) is 3.12. The van der Waals surface area contributed by atoms with Crippen LogP contribution in [0.15, 0.2) is 24.3 Å². The minimum atomic E-state index is -0.478. The highest BCUT2D eigenvalue weighted by atomic mass is 31.1. The first-order valence-electron chi connectivity index (χ1n) is 10.1. The molecule has 0 aliphatic carbocycles. The van der Waals surface area contributed by atoms with Crippen LogP contribution >= 0.6 is 7.92 Å². The molecule has 2 heterocycles. The largest absolute Gasteiger partial charge is 0.494 e. The fourth-order valence-corrected chi connectivity index (χ4v) is 4.13. The zero-order chi connectivity index (χ0) is 24.7. The smallest absolute Gasteiger partial charge is 0.184 e. The number of Topliss-reactive ketones (excluding diaryl/α,β-unsaturated/α-hetero) is 1. The van der Waals surface area contributed by atoms with Crippen molar-refractivity contribution in [2.45, 2.75) is 20.3 Å². The van der Waals surface area contributed by atoms with Gasteiger partial charge in [-0.3, -0.25) is 9.48 Å². The Labute approximate surface area is 193 Å². The summed E-state index contributed by atoms with van der Waals surface area (Å²) in [6, 6.07) is 6.08. The van der Waals surface area contributed by atoms with E-state index >= 15 is 0 Å². The molecule has 0 unspecified atom stereocenters. The predicted molar refractivity (Wildman–Crippen MR) is 130 cm³/mol. The van der Waals surface area contributed by atoms with Gasteiger partial charge in [0.05, 0.1) is 29.6 Å². The number of ketones is 1. The monoisotopic (exact) mass is 474 g/mol. The van der Waals surface area contributed by atoms with Gasteiger partial charge in [-0.15, -0.1) is 10.2 Å². The number of anilines is 3. The van der Waals surface area contributed by atoms with Crippen LogP contribution < -0.4 is 21.2 Å². The standard InChI is InChI=1S/C20H24FN6O2P.C2H4O/c1-6-16(28)19-14(9-17(22)24-25-19)23-15-8-11(21)7-12(20(15)29-3)13-10-18(30(4)5)27(2)26-13;1-2-3/h7-10H,6H2,1-5H3,(H3,22,23,24);2H,1H3. The van der Waals surface area contributed by atoms with E-state index in [0.717, 1.165) is 11.7 Å². The average Bonchev–Trinajstić information content (AvgIpc) is 3.15. The Bertz CT molecular complexity index is 1150. The molecule has 1 aromatic carbocycles. The van der Waals surface area contributed by atoms with Crippen LogP contribution in [0.5, 0.6) is 5.75 Å². The highest BCUT2D eigenvalue weighted by Gasteiger charge is 2.20. The molecule has 0 aliphatic rings. The van der Waals surface area contributed by atoms with Crippen LogP contribution in [-0.2, 0) is 11.8 Å². The first kappa shape index (κ1) is 25.9. The number of nitrogens with one attached hydrogen (secondary N) is 1. The number of carbonyl (C=O) groups is 2. The van der Waals surface area contributed by atoms with Gasteiger partial charge >= 0.3 is 0 Å². The van der Waals surface area contributed by atoms with Gasteiger partial charge in [-0.05, 0) is 32.4 Å². The maximum Gasteiger partial charge on any atom is 0.184 e. The maximum absolute atomic E-state index is 14.6. The van der Waals surface area contributed by atoms with E-state index in [9.17, 15) is 9.18 Å². The number of nitrogens with zero attached hydrogens (tertiary/aromatic N) is 4. The van der Waals surface area contributed by atoms with Crippen LogP contribution in [0.2, 0.25) is 0 Å². The number of nitrogens with two attached hydrogens (primary N) is 1. The molecule has 0 bridgehead atoms. The van der Waals surface area contributed by atoms with Crippen molar-refractivity contribution in [2.75, 3.05) is 31.5 Å². The molecule has 2 aromatic heterocycles. The second kappa shape index (κ2) is 11.5. The van der Waals surface area contributed by atoms with Crippen molar-refractivity contribution in [3.05, 3.63) is 35.8 Å². The van der Waals surface area contributed by atoms with E-state index in [1.54, 1.807) is 11.6 Å². The molecule has 0 saturated carbocycles. The fraction of sp³-hybridized carbons (Fsp3) is 0.318. The molecule has 176 valence electrons. The highest BCUT2D eigenvalue weighted by molar-refractivity contribution is 7.63. The summed E-state index contributed by atoms with van der Waals surface area (Å²) in [5, 5.41) is 15.2. The molecule has 0 atom stereocenters. The van der Waals surface area contributed by atoms with Gasteiger partial charge in [-0.1, -0.05) is 14.8 Å². The number of methoxy groups -OCH3 is 1. The van der Waals surface area contributed by atoms with Crippen molar-refractivity contribution in [3.8, 4) is 17.0 Å². The van der Waals surface area contributed by atoms with Crippen molar-refractivity contribution in [1.82, 2.24) is 20.0 Å². The molecule has 11 heteroatoms. The SMILES string of the molecule is CC=O.CCC(=O)c1nnc(N)cc1Nc1cc(F)cc(-c2cc(P(C)C)n(C)n2)c1OC. The van der Waals surface area contributed by atoms with Crippen molar-refractivity contribution < 1.29 is 18.7 Å². The molecule has 0 fully saturated rings. The lowest BCUT2D eigenvalue weighted by atomic mass is 10.1. The van der Waals surface area contributed by atoms with Gasteiger partial charge in [0.2, 0.25) is 0 Å². The van der Waals surface area contributed by atoms with Gasteiger partial charge in [-0.25, -0.2) is 4.39 Å². The Kier molecular flexibility index (Phi) is 8.99. The van der Waals surface area contributed by atoms with E-state index in [4.69, 9.17) is 15.3 Å². The number of aryl methyl sites for hydroxylation is 1. The molecule has 33 heavy (non-hydrogen) atoms. The Morgan fingerprint density at radius 2 is 1.91 bits per heavy atom. The maximum atomic E-state index is 14.6. The second-order valence-corrected chi connectivity index (χ2v) is 9.36. The van der Waals surface area contributed by atoms with Crippen LogP contribution in [0.25, 0.3) is 11.3 Å². The molecule has 0 aliphatic heterocycles. The van der Waals surface area contributed by atoms with Crippen LogP contribution in [0, 0.1) is 5.82 Å². The summed E-state index contributed by atoms with van der Waals surface area (Å²) >= 11 is 0. The van der Waals surface area contributed by atoms with Crippen molar-refractivity contribution in [1.29, 1.82) is 0 Å². The van der Waals surface area contributed by atoms with Crippen molar-refractivity contribution in [2.24, 2.45) is 7.05 Å². The van der Waals surface area contributed by atoms with Crippen molar-refractivity contribution >= 4 is 42.6 Å². The van der Waals surface area contributed by atoms with E-state index in [2.05, 4.69) is 33.9 Å². The minimum Gasteiger partial charge on any atom is -0.494 e. The number of aromatic nitrogens is 4. The van der Waals surface area contributed by atoms with E-state index in [1.165, 1.54) is 32.2 Å². The third-order valence-electron chi connectivity index (χ3n) is 4.51. The van der Waals surface area contributed by atoms with Gasteiger partial charge in [0.1, 0.15) is 17.9 Å². The number of rotatable bonds is 7. The predicted octanol–water partition coefficient (Wildman–Crippen LogP) is 3.52. The lowest BCUT2D eigenvalue weighted by molar-refractivity contribution is -0.106. The van der Waals surface area contributed by atoms with E-state index in [1.807, 2.05) is 13.1 Å². The summed E-state index contributed by atoms with van der Waals surface area (Å²) in [6.07, 6.45) is 0.993. The topological polar surface area (TPSA) is 125 Å². The van der Waals surface area contributed by atoms with E-state index < -0.39 is 5.82 Å². The van der Waals surface area contributed by atoms with Gasteiger partial charge in [0, 0.05) is 31.2 Å². The Morgan fingerprint density at radius 1 is 1.24 bits per heavy atom. The van der Waals surface area contributed by atoms with E-state index in [0.29, 0.717) is 28.4 Å². The molecular weight excluding hydrogens is 446 g/mol. The molecule has 3 aromatic rings. The molecule has 3 N–H and O–H groups in total. The number of nitrogen functional groups attached to an aromatic ring is 1. The molecule has 0 spiro atoms. The van der Waals surface area contributed by atoms with Crippen LogP contribution in [0.1, 0.15) is 30.8 Å². The summed E-state index contributed by atoms with van der Waals surface area (Å²) < 4.78 is 22.0. The lowest BCUT2D eigenvalue weighted by Gasteiger charge is -2.16. The summed E-state index contributed by atoms with van der Waals surface area (Å²) in [4.78, 5) is 21.1. The average molecular weight is 474 g/mol. The van der Waals surface area contributed by atoms with Crippen LogP contribution in [0.3, 0.4) is 0 Å². The van der Waals surface area contributed by atoms with E-state index in [-0.39, 0.29) is 31.6 Å². The Hall–Kier alpha value is -3.39. The second-order valence-electron chi connectivity index (χ2n) is 7.11. The summed E-state index contributed by atoms with van der Waals surface area (Å²) in [5.74, 6) is -0.166. The third-order valence-corrected chi connectivity index (χ3v) is 5.85. The first-order valence-corrected chi connectivity index (χ1v) is 12.3. The van der Waals surface area contributed by atoms with Gasteiger partial charge < -0.3 is 20.6 Å². The first-order chi connectivity index (χ1) is 15.7. The number of hydrogen-bond donors (Lipinski definition) is 2. The molecular formula is C22H28FN6O3P. The highest BCUT2D eigenvalue weighted by Crippen LogP contribution is 2.39. The quantitative estimate of drug-likeness (QED) is 0.303. The Morgan fingerprint density at radius 3 is 2.45 bits per heavy atom. The van der Waals surface area contributed by atoms with Crippen molar-refractivity contribution in [3.63, 3.8) is 0 Å².